The average Bonchev–Trinajstić information content (AvgIpc) is 2.39. The fourth-order valence-corrected chi connectivity index (χ4v) is 2.96. The Morgan fingerprint density at radius 3 is 3.12 bits per heavy atom. The lowest BCUT2D eigenvalue weighted by atomic mass is 10.1. The standard InChI is InChI=1S/C13H19NO2S/c14-13(8-15)10-3-1-4-11(7-10)16-12-5-2-6-17-9-12/h1,3-4,7,12-13,15H,2,5-6,8-9,14H2. The van der Waals surface area contributed by atoms with Crippen LogP contribution in [0.2, 0.25) is 0 Å². The Balaban J connectivity index is 2.00. The summed E-state index contributed by atoms with van der Waals surface area (Å²) in [4.78, 5) is 0. The van der Waals surface area contributed by atoms with Crippen molar-refractivity contribution in [3.63, 3.8) is 0 Å². The molecule has 1 fully saturated rings. The third-order valence-electron chi connectivity index (χ3n) is 2.90. The number of hydrogen-bond acceptors (Lipinski definition) is 4. The molecular formula is C13H19NO2S. The SMILES string of the molecule is NC(CO)c1cccc(OC2CCCSC2)c1. The molecule has 17 heavy (non-hydrogen) atoms. The highest BCUT2D eigenvalue weighted by molar-refractivity contribution is 7.99. The van der Waals surface area contributed by atoms with Gasteiger partial charge in [-0.25, -0.2) is 0 Å². The molecule has 1 aromatic carbocycles. The summed E-state index contributed by atoms with van der Waals surface area (Å²) in [6.07, 6.45) is 2.67. The second-order valence-electron chi connectivity index (χ2n) is 4.32. The van der Waals surface area contributed by atoms with Gasteiger partial charge in [-0.3, -0.25) is 0 Å². The first kappa shape index (κ1) is 12.7. The van der Waals surface area contributed by atoms with Crippen molar-refractivity contribution >= 4 is 11.8 Å². The molecule has 3 N–H and O–H groups in total. The number of aliphatic hydroxyl groups excluding tert-OH is 1. The number of aliphatic hydroxyl groups is 1. The van der Waals surface area contributed by atoms with E-state index in [1.165, 1.54) is 12.2 Å². The van der Waals surface area contributed by atoms with Crippen LogP contribution in [0, 0.1) is 0 Å². The maximum atomic E-state index is 9.03. The molecule has 0 radical (unpaired) electrons. The van der Waals surface area contributed by atoms with Crippen molar-refractivity contribution < 1.29 is 9.84 Å². The lowest BCUT2D eigenvalue weighted by Crippen LogP contribution is -2.23. The molecule has 1 aliphatic heterocycles. The zero-order valence-electron chi connectivity index (χ0n) is 9.84. The van der Waals surface area contributed by atoms with E-state index in [4.69, 9.17) is 15.6 Å². The molecule has 0 aromatic heterocycles. The van der Waals surface area contributed by atoms with Gasteiger partial charge < -0.3 is 15.6 Å². The first-order valence-electron chi connectivity index (χ1n) is 6.00. The highest BCUT2D eigenvalue weighted by Crippen LogP contribution is 2.24. The number of rotatable bonds is 4. The molecule has 4 heteroatoms. The summed E-state index contributed by atoms with van der Waals surface area (Å²) in [6.45, 7) is -0.0390. The summed E-state index contributed by atoms with van der Waals surface area (Å²) in [5, 5.41) is 9.03. The van der Waals surface area contributed by atoms with Gasteiger partial charge >= 0.3 is 0 Å². The molecule has 0 spiro atoms. The minimum absolute atomic E-state index is 0.0390. The van der Waals surface area contributed by atoms with Gasteiger partial charge in [-0.05, 0) is 36.3 Å². The third-order valence-corrected chi connectivity index (χ3v) is 4.09. The summed E-state index contributed by atoms with van der Waals surface area (Å²) in [5.41, 5.74) is 6.71. The molecule has 2 unspecified atom stereocenters. The van der Waals surface area contributed by atoms with Crippen molar-refractivity contribution in [3.8, 4) is 5.75 Å². The minimum atomic E-state index is -0.320. The van der Waals surface area contributed by atoms with Crippen LogP contribution in [0.15, 0.2) is 24.3 Å². The van der Waals surface area contributed by atoms with E-state index >= 15 is 0 Å². The smallest absolute Gasteiger partial charge is 0.120 e. The Kier molecular flexibility index (Phi) is 4.71. The molecule has 0 amide bonds. The van der Waals surface area contributed by atoms with Gasteiger partial charge in [-0.15, -0.1) is 0 Å². The van der Waals surface area contributed by atoms with Gasteiger partial charge in [0.15, 0.2) is 0 Å². The third kappa shape index (κ3) is 3.63. The van der Waals surface area contributed by atoms with Crippen molar-refractivity contribution in [2.45, 2.75) is 25.0 Å². The van der Waals surface area contributed by atoms with Gasteiger partial charge in [0.1, 0.15) is 11.9 Å². The number of hydrogen-bond donors (Lipinski definition) is 2. The van der Waals surface area contributed by atoms with Crippen molar-refractivity contribution in [2.24, 2.45) is 5.73 Å². The first-order valence-corrected chi connectivity index (χ1v) is 7.16. The number of benzene rings is 1. The molecule has 0 saturated carbocycles. The molecule has 94 valence electrons. The lowest BCUT2D eigenvalue weighted by molar-refractivity contribution is 0.211. The molecule has 1 heterocycles. The second kappa shape index (κ2) is 6.28. The minimum Gasteiger partial charge on any atom is -0.490 e. The van der Waals surface area contributed by atoms with Gasteiger partial charge in [-0.1, -0.05) is 12.1 Å². The summed E-state index contributed by atoms with van der Waals surface area (Å²) >= 11 is 1.95. The Hall–Kier alpha value is -0.710. The Morgan fingerprint density at radius 1 is 1.53 bits per heavy atom. The zero-order valence-corrected chi connectivity index (χ0v) is 10.7. The molecule has 0 bridgehead atoms. The van der Waals surface area contributed by atoms with Crippen molar-refractivity contribution in [1.82, 2.24) is 0 Å². The molecule has 2 atom stereocenters. The maximum Gasteiger partial charge on any atom is 0.120 e. The van der Waals surface area contributed by atoms with E-state index < -0.39 is 0 Å². The predicted molar refractivity (Wildman–Crippen MR) is 71.4 cm³/mol. The molecule has 1 aromatic rings. The quantitative estimate of drug-likeness (QED) is 0.861. The van der Waals surface area contributed by atoms with Crippen LogP contribution < -0.4 is 10.5 Å². The highest BCUT2D eigenvalue weighted by Gasteiger charge is 2.15. The van der Waals surface area contributed by atoms with Crippen LogP contribution in [-0.4, -0.2) is 29.3 Å². The number of nitrogens with two attached hydrogens (primary N) is 1. The zero-order chi connectivity index (χ0) is 12.1. The normalized spacial score (nSPS) is 22.1. The van der Waals surface area contributed by atoms with Crippen LogP contribution in [0.3, 0.4) is 0 Å². The molecule has 0 aliphatic carbocycles. The number of thioether (sulfide) groups is 1. The molecule has 1 aliphatic rings. The van der Waals surface area contributed by atoms with Gasteiger partial charge in [0.25, 0.3) is 0 Å². The largest absolute Gasteiger partial charge is 0.490 e. The van der Waals surface area contributed by atoms with Crippen LogP contribution in [0.1, 0.15) is 24.4 Å². The maximum absolute atomic E-state index is 9.03. The van der Waals surface area contributed by atoms with Gasteiger partial charge in [0.2, 0.25) is 0 Å². The Labute approximate surface area is 106 Å². The first-order chi connectivity index (χ1) is 8.29. The van der Waals surface area contributed by atoms with Gasteiger partial charge in [-0.2, -0.15) is 11.8 Å². The highest BCUT2D eigenvalue weighted by atomic mass is 32.2. The van der Waals surface area contributed by atoms with Crippen LogP contribution in [0.5, 0.6) is 5.75 Å². The van der Waals surface area contributed by atoms with Crippen molar-refractivity contribution in [1.29, 1.82) is 0 Å². The van der Waals surface area contributed by atoms with Crippen LogP contribution >= 0.6 is 11.8 Å². The second-order valence-corrected chi connectivity index (χ2v) is 5.47. The van der Waals surface area contributed by atoms with E-state index in [0.717, 1.165) is 23.5 Å². The fraction of sp³-hybridized carbons (Fsp3) is 0.538. The van der Waals surface area contributed by atoms with Crippen molar-refractivity contribution in [3.05, 3.63) is 29.8 Å². The topological polar surface area (TPSA) is 55.5 Å². The number of ether oxygens (including phenoxy) is 1. The van der Waals surface area contributed by atoms with Gasteiger partial charge in [0.05, 0.1) is 12.6 Å². The molecule has 1 saturated heterocycles. The van der Waals surface area contributed by atoms with Crippen LogP contribution in [0.25, 0.3) is 0 Å². The van der Waals surface area contributed by atoms with E-state index in [1.807, 2.05) is 36.0 Å². The van der Waals surface area contributed by atoms with E-state index in [0.29, 0.717) is 6.10 Å². The van der Waals surface area contributed by atoms with Crippen LogP contribution in [0.4, 0.5) is 0 Å². The van der Waals surface area contributed by atoms with E-state index in [9.17, 15) is 0 Å². The van der Waals surface area contributed by atoms with Crippen LogP contribution in [-0.2, 0) is 0 Å². The molecule has 3 nitrogen and oxygen atoms in total. The summed E-state index contributed by atoms with van der Waals surface area (Å²) in [6, 6.07) is 7.41. The van der Waals surface area contributed by atoms with E-state index in [-0.39, 0.29) is 12.6 Å². The fourth-order valence-electron chi connectivity index (χ4n) is 1.92. The van der Waals surface area contributed by atoms with E-state index in [1.54, 1.807) is 0 Å². The summed E-state index contributed by atoms with van der Waals surface area (Å²) < 4.78 is 5.93. The Bertz CT molecular complexity index is 353. The predicted octanol–water partition coefficient (Wildman–Crippen LogP) is 1.95. The van der Waals surface area contributed by atoms with E-state index in [2.05, 4.69) is 0 Å². The lowest BCUT2D eigenvalue weighted by Gasteiger charge is -2.23. The monoisotopic (exact) mass is 253 g/mol. The van der Waals surface area contributed by atoms with Crippen molar-refractivity contribution in [2.75, 3.05) is 18.1 Å². The summed E-state index contributed by atoms with van der Waals surface area (Å²) in [7, 11) is 0. The molecular weight excluding hydrogens is 234 g/mol. The Morgan fingerprint density at radius 2 is 2.41 bits per heavy atom. The average molecular weight is 253 g/mol. The molecule has 2 rings (SSSR count). The van der Waals surface area contributed by atoms with Gasteiger partial charge in [0, 0.05) is 5.75 Å². The summed E-state index contributed by atoms with van der Waals surface area (Å²) in [5.74, 6) is 3.17.